The van der Waals surface area contributed by atoms with Gasteiger partial charge in [0, 0.05) is 5.41 Å². The van der Waals surface area contributed by atoms with Crippen LogP contribution in [0.3, 0.4) is 0 Å². The Morgan fingerprint density at radius 1 is 1.44 bits per heavy atom. The molecule has 2 nitrogen and oxygen atoms in total. The Morgan fingerprint density at radius 2 is 2.19 bits per heavy atom. The fraction of sp³-hybridized carbons (Fsp3) is 0.714. The van der Waals surface area contributed by atoms with Crippen LogP contribution in [-0.4, -0.2) is 26.4 Å². The lowest BCUT2D eigenvalue weighted by Gasteiger charge is -2.37. The standard InChI is InChI=1S/C14H24O2/c1-4-5-6-7-13(2)8-9-15-10-14(3)11-16-12-14/h4-5,8H,6-7,9-12H2,1-3H3/b5-4+,13-8+. The molecule has 0 aromatic carbocycles. The van der Waals surface area contributed by atoms with E-state index < -0.39 is 0 Å². The summed E-state index contributed by atoms with van der Waals surface area (Å²) in [4.78, 5) is 0. The van der Waals surface area contributed by atoms with Gasteiger partial charge in [-0.25, -0.2) is 0 Å². The van der Waals surface area contributed by atoms with Crippen LogP contribution in [0.1, 0.15) is 33.6 Å². The maximum absolute atomic E-state index is 5.64. The van der Waals surface area contributed by atoms with Crippen molar-refractivity contribution in [3.63, 3.8) is 0 Å². The molecule has 1 aliphatic rings. The molecule has 0 N–H and O–H groups in total. The van der Waals surface area contributed by atoms with Crippen molar-refractivity contribution in [1.29, 1.82) is 0 Å². The molecule has 1 fully saturated rings. The molecule has 0 aromatic rings. The first-order chi connectivity index (χ1) is 7.66. The van der Waals surface area contributed by atoms with Crippen molar-refractivity contribution in [2.75, 3.05) is 26.4 Å². The Morgan fingerprint density at radius 3 is 2.75 bits per heavy atom. The Bertz CT molecular complexity index is 249. The molecule has 0 atom stereocenters. The first-order valence-corrected chi connectivity index (χ1v) is 6.08. The minimum absolute atomic E-state index is 0.271. The van der Waals surface area contributed by atoms with Crippen molar-refractivity contribution in [2.24, 2.45) is 5.41 Å². The second-order valence-electron chi connectivity index (χ2n) is 4.98. The molecule has 0 unspecified atom stereocenters. The van der Waals surface area contributed by atoms with E-state index in [1.54, 1.807) is 0 Å². The van der Waals surface area contributed by atoms with Crippen molar-refractivity contribution in [3.05, 3.63) is 23.8 Å². The van der Waals surface area contributed by atoms with Crippen LogP contribution in [0.15, 0.2) is 23.8 Å². The van der Waals surface area contributed by atoms with Crippen molar-refractivity contribution in [2.45, 2.75) is 33.6 Å². The number of rotatable bonds is 7. The highest BCUT2D eigenvalue weighted by atomic mass is 16.5. The third-order valence-electron chi connectivity index (χ3n) is 2.84. The largest absolute Gasteiger partial charge is 0.380 e. The lowest BCUT2D eigenvalue weighted by atomic mass is 9.90. The Balaban J connectivity index is 2.06. The molecule has 0 aromatic heterocycles. The molecule has 16 heavy (non-hydrogen) atoms. The SMILES string of the molecule is C/C=C/CC/C(C)=C/COCC1(C)COC1. The van der Waals surface area contributed by atoms with Crippen molar-refractivity contribution >= 4 is 0 Å². The van der Waals surface area contributed by atoms with E-state index in [0.717, 1.165) is 39.3 Å². The summed E-state index contributed by atoms with van der Waals surface area (Å²) in [6.45, 7) is 9.67. The average Bonchev–Trinajstić information content (AvgIpc) is 2.22. The summed E-state index contributed by atoms with van der Waals surface area (Å²) >= 11 is 0. The van der Waals surface area contributed by atoms with Crippen LogP contribution in [0.4, 0.5) is 0 Å². The summed E-state index contributed by atoms with van der Waals surface area (Å²) in [5, 5.41) is 0. The molecule has 0 bridgehead atoms. The highest BCUT2D eigenvalue weighted by Crippen LogP contribution is 2.26. The molecule has 0 saturated carbocycles. The molecule has 92 valence electrons. The summed E-state index contributed by atoms with van der Waals surface area (Å²) < 4.78 is 10.8. The second kappa shape index (κ2) is 6.87. The van der Waals surface area contributed by atoms with Gasteiger partial charge >= 0.3 is 0 Å². The van der Waals surface area contributed by atoms with E-state index in [1.807, 2.05) is 0 Å². The van der Waals surface area contributed by atoms with Crippen LogP contribution in [0.2, 0.25) is 0 Å². The van der Waals surface area contributed by atoms with Gasteiger partial charge in [0.1, 0.15) is 0 Å². The summed E-state index contributed by atoms with van der Waals surface area (Å²) in [6.07, 6.45) is 8.75. The number of ether oxygens (including phenoxy) is 2. The predicted octanol–water partition coefficient (Wildman–Crippen LogP) is 3.34. The van der Waals surface area contributed by atoms with Crippen LogP contribution in [-0.2, 0) is 9.47 Å². The van der Waals surface area contributed by atoms with Gasteiger partial charge in [-0.05, 0) is 26.7 Å². The van der Waals surface area contributed by atoms with Gasteiger partial charge in [-0.3, -0.25) is 0 Å². The fourth-order valence-electron chi connectivity index (χ4n) is 1.62. The number of allylic oxidation sites excluding steroid dienone is 3. The molecule has 1 heterocycles. The van der Waals surface area contributed by atoms with E-state index in [2.05, 4.69) is 39.0 Å². The maximum atomic E-state index is 5.64. The van der Waals surface area contributed by atoms with Crippen molar-refractivity contribution < 1.29 is 9.47 Å². The highest BCUT2D eigenvalue weighted by molar-refractivity contribution is 5.00. The molecule has 2 heteroatoms. The van der Waals surface area contributed by atoms with Gasteiger partial charge in [-0.2, -0.15) is 0 Å². The topological polar surface area (TPSA) is 18.5 Å². The first-order valence-electron chi connectivity index (χ1n) is 6.08. The monoisotopic (exact) mass is 224 g/mol. The lowest BCUT2D eigenvalue weighted by molar-refractivity contribution is -0.135. The molecule has 1 saturated heterocycles. The normalized spacial score (nSPS) is 20.1. The van der Waals surface area contributed by atoms with Crippen molar-refractivity contribution in [3.8, 4) is 0 Å². The van der Waals surface area contributed by atoms with Gasteiger partial charge in [-0.1, -0.05) is 30.7 Å². The maximum Gasteiger partial charge on any atom is 0.0650 e. The van der Waals surface area contributed by atoms with Crippen LogP contribution >= 0.6 is 0 Å². The summed E-state index contributed by atoms with van der Waals surface area (Å²) in [7, 11) is 0. The minimum Gasteiger partial charge on any atom is -0.380 e. The predicted molar refractivity (Wildman–Crippen MR) is 67.6 cm³/mol. The molecule has 1 rings (SSSR count). The van der Waals surface area contributed by atoms with E-state index in [9.17, 15) is 0 Å². The zero-order valence-electron chi connectivity index (χ0n) is 10.8. The lowest BCUT2D eigenvalue weighted by Crippen LogP contribution is -2.43. The quantitative estimate of drug-likeness (QED) is 0.488. The van der Waals surface area contributed by atoms with E-state index in [0.29, 0.717) is 0 Å². The molecule has 0 amide bonds. The Kier molecular flexibility index (Phi) is 5.78. The number of hydrogen-bond donors (Lipinski definition) is 0. The molecule has 0 spiro atoms. The zero-order valence-corrected chi connectivity index (χ0v) is 10.8. The third-order valence-corrected chi connectivity index (χ3v) is 2.84. The first kappa shape index (κ1) is 13.5. The zero-order chi connectivity index (χ0) is 11.9. The highest BCUT2D eigenvalue weighted by Gasteiger charge is 2.33. The summed E-state index contributed by atoms with van der Waals surface area (Å²) in [5.41, 5.74) is 1.68. The van der Waals surface area contributed by atoms with Crippen LogP contribution in [0, 0.1) is 5.41 Å². The van der Waals surface area contributed by atoms with Crippen molar-refractivity contribution in [1.82, 2.24) is 0 Å². The molecular weight excluding hydrogens is 200 g/mol. The molecule has 0 radical (unpaired) electrons. The van der Waals surface area contributed by atoms with Gasteiger partial charge in [0.05, 0.1) is 26.4 Å². The third kappa shape index (κ3) is 4.95. The Hall–Kier alpha value is -0.600. The summed E-state index contributed by atoms with van der Waals surface area (Å²) in [6, 6.07) is 0. The molecular formula is C14H24O2. The van der Waals surface area contributed by atoms with E-state index in [-0.39, 0.29) is 5.41 Å². The number of hydrogen-bond acceptors (Lipinski definition) is 2. The smallest absolute Gasteiger partial charge is 0.0650 e. The second-order valence-corrected chi connectivity index (χ2v) is 4.98. The molecule has 1 aliphatic heterocycles. The van der Waals surface area contributed by atoms with Crippen LogP contribution in [0.25, 0.3) is 0 Å². The fourth-order valence-corrected chi connectivity index (χ4v) is 1.62. The Labute approximate surface area is 99.3 Å². The summed E-state index contributed by atoms with van der Waals surface area (Å²) in [5.74, 6) is 0. The average molecular weight is 224 g/mol. The minimum atomic E-state index is 0.271. The van der Waals surface area contributed by atoms with E-state index in [4.69, 9.17) is 9.47 Å². The van der Waals surface area contributed by atoms with Gasteiger partial charge in [0.25, 0.3) is 0 Å². The van der Waals surface area contributed by atoms with Crippen LogP contribution in [0.5, 0.6) is 0 Å². The van der Waals surface area contributed by atoms with Crippen LogP contribution < -0.4 is 0 Å². The van der Waals surface area contributed by atoms with E-state index >= 15 is 0 Å². The van der Waals surface area contributed by atoms with Gasteiger partial charge in [0.15, 0.2) is 0 Å². The molecule has 0 aliphatic carbocycles. The van der Waals surface area contributed by atoms with Gasteiger partial charge < -0.3 is 9.47 Å². The van der Waals surface area contributed by atoms with E-state index in [1.165, 1.54) is 5.57 Å². The van der Waals surface area contributed by atoms with Gasteiger partial charge in [-0.15, -0.1) is 0 Å². The van der Waals surface area contributed by atoms with Gasteiger partial charge in [0.2, 0.25) is 0 Å².